The number of aromatic nitrogens is 1. The predicted molar refractivity (Wildman–Crippen MR) is 82.4 cm³/mol. The Morgan fingerprint density at radius 1 is 1.26 bits per heavy atom. The zero-order valence-corrected chi connectivity index (χ0v) is 13.1. The maximum atomic E-state index is 4.05. The lowest BCUT2D eigenvalue weighted by Crippen LogP contribution is -2.41. The quantitative estimate of drug-likeness (QED) is 0.781. The van der Waals surface area contributed by atoms with Gasteiger partial charge >= 0.3 is 0 Å². The molecule has 1 rings (SSSR count). The van der Waals surface area contributed by atoms with Crippen LogP contribution in [0.2, 0.25) is 0 Å². The molecule has 0 bridgehead atoms. The fourth-order valence-electron chi connectivity index (χ4n) is 2.22. The highest BCUT2D eigenvalue weighted by atomic mass is 15.1. The SMILES string of the molecule is CC(C)NCC(C)(C)CN(C)CCc1ccncc1. The van der Waals surface area contributed by atoms with Crippen LogP contribution in [0.1, 0.15) is 33.3 Å². The van der Waals surface area contributed by atoms with E-state index < -0.39 is 0 Å². The van der Waals surface area contributed by atoms with Gasteiger partial charge in [0.05, 0.1) is 0 Å². The molecule has 19 heavy (non-hydrogen) atoms. The Morgan fingerprint density at radius 3 is 2.47 bits per heavy atom. The molecule has 0 spiro atoms. The van der Waals surface area contributed by atoms with Gasteiger partial charge in [0.1, 0.15) is 0 Å². The van der Waals surface area contributed by atoms with Crippen LogP contribution in [-0.4, -0.2) is 42.6 Å². The van der Waals surface area contributed by atoms with Crippen molar-refractivity contribution in [1.82, 2.24) is 15.2 Å². The average molecular weight is 263 g/mol. The molecule has 1 aromatic rings. The first-order valence-electron chi connectivity index (χ1n) is 7.20. The van der Waals surface area contributed by atoms with E-state index in [1.165, 1.54) is 5.56 Å². The van der Waals surface area contributed by atoms with Crippen LogP contribution in [0.4, 0.5) is 0 Å². The zero-order valence-electron chi connectivity index (χ0n) is 13.1. The minimum atomic E-state index is 0.303. The maximum Gasteiger partial charge on any atom is 0.0270 e. The summed E-state index contributed by atoms with van der Waals surface area (Å²) < 4.78 is 0. The van der Waals surface area contributed by atoms with E-state index in [4.69, 9.17) is 0 Å². The Hall–Kier alpha value is -0.930. The van der Waals surface area contributed by atoms with Crippen LogP contribution < -0.4 is 5.32 Å². The third kappa shape index (κ3) is 7.28. The summed E-state index contributed by atoms with van der Waals surface area (Å²) in [6, 6.07) is 4.75. The Kier molecular flexibility index (Phi) is 6.46. The van der Waals surface area contributed by atoms with Gasteiger partial charge in [-0.1, -0.05) is 27.7 Å². The number of pyridine rings is 1. The first-order chi connectivity index (χ1) is 8.89. The molecule has 1 N–H and O–H groups in total. The number of hydrogen-bond acceptors (Lipinski definition) is 3. The van der Waals surface area contributed by atoms with Crippen molar-refractivity contribution in [3.63, 3.8) is 0 Å². The van der Waals surface area contributed by atoms with Gasteiger partial charge in [-0.3, -0.25) is 4.98 Å². The van der Waals surface area contributed by atoms with E-state index in [1.807, 2.05) is 12.4 Å². The van der Waals surface area contributed by atoms with Gasteiger partial charge < -0.3 is 10.2 Å². The van der Waals surface area contributed by atoms with Crippen molar-refractivity contribution in [2.45, 2.75) is 40.2 Å². The van der Waals surface area contributed by atoms with Gasteiger partial charge in [0.15, 0.2) is 0 Å². The molecule has 108 valence electrons. The molecular formula is C16H29N3. The van der Waals surface area contributed by atoms with Gasteiger partial charge in [-0.25, -0.2) is 0 Å². The number of nitrogens with zero attached hydrogens (tertiary/aromatic N) is 2. The highest BCUT2D eigenvalue weighted by molar-refractivity contribution is 5.09. The van der Waals surface area contributed by atoms with Crippen molar-refractivity contribution in [3.8, 4) is 0 Å². The van der Waals surface area contributed by atoms with Gasteiger partial charge in [-0.05, 0) is 36.6 Å². The van der Waals surface area contributed by atoms with Gasteiger partial charge in [-0.15, -0.1) is 0 Å². The van der Waals surface area contributed by atoms with Crippen molar-refractivity contribution < 1.29 is 0 Å². The van der Waals surface area contributed by atoms with Crippen molar-refractivity contribution in [3.05, 3.63) is 30.1 Å². The van der Waals surface area contributed by atoms with E-state index in [1.54, 1.807) is 0 Å². The zero-order chi connectivity index (χ0) is 14.3. The molecule has 0 atom stereocenters. The van der Waals surface area contributed by atoms with Crippen LogP contribution in [0.5, 0.6) is 0 Å². The monoisotopic (exact) mass is 263 g/mol. The summed E-state index contributed by atoms with van der Waals surface area (Å²) in [4.78, 5) is 6.47. The highest BCUT2D eigenvalue weighted by Crippen LogP contribution is 2.15. The first kappa shape index (κ1) is 16.1. The second-order valence-corrected chi connectivity index (χ2v) is 6.54. The summed E-state index contributed by atoms with van der Waals surface area (Å²) in [5.41, 5.74) is 1.66. The van der Waals surface area contributed by atoms with E-state index in [0.717, 1.165) is 26.1 Å². The molecule has 0 aliphatic rings. The Morgan fingerprint density at radius 2 is 1.89 bits per heavy atom. The summed E-state index contributed by atoms with van der Waals surface area (Å²) in [7, 11) is 2.21. The molecule has 0 fully saturated rings. The minimum Gasteiger partial charge on any atom is -0.314 e. The summed E-state index contributed by atoms with van der Waals surface area (Å²) >= 11 is 0. The summed E-state index contributed by atoms with van der Waals surface area (Å²) in [6.45, 7) is 12.3. The van der Waals surface area contributed by atoms with E-state index >= 15 is 0 Å². The van der Waals surface area contributed by atoms with E-state index in [2.05, 4.69) is 62.1 Å². The fraction of sp³-hybridized carbons (Fsp3) is 0.688. The number of nitrogens with one attached hydrogen (secondary N) is 1. The van der Waals surface area contributed by atoms with E-state index in [-0.39, 0.29) is 0 Å². The third-order valence-corrected chi connectivity index (χ3v) is 3.22. The average Bonchev–Trinajstić information content (AvgIpc) is 2.35. The lowest BCUT2D eigenvalue weighted by atomic mass is 9.92. The van der Waals surface area contributed by atoms with Gasteiger partial charge in [-0.2, -0.15) is 0 Å². The Bertz CT molecular complexity index is 346. The molecule has 0 aliphatic heterocycles. The molecule has 1 aromatic heterocycles. The second-order valence-electron chi connectivity index (χ2n) is 6.54. The maximum absolute atomic E-state index is 4.05. The highest BCUT2D eigenvalue weighted by Gasteiger charge is 2.20. The number of likely N-dealkylation sites (N-methyl/N-ethyl adjacent to an activating group) is 1. The smallest absolute Gasteiger partial charge is 0.0270 e. The van der Waals surface area contributed by atoms with Gasteiger partial charge in [0, 0.05) is 38.1 Å². The molecule has 3 nitrogen and oxygen atoms in total. The largest absolute Gasteiger partial charge is 0.314 e. The van der Waals surface area contributed by atoms with Gasteiger partial charge in [0.25, 0.3) is 0 Å². The van der Waals surface area contributed by atoms with Crippen LogP contribution in [0, 0.1) is 5.41 Å². The third-order valence-electron chi connectivity index (χ3n) is 3.22. The lowest BCUT2D eigenvalue weighted by molar-refractivity contribution is 0.202. The number of rotatable bonds is 8. The van der Waals surface area contributed by atoms with Crippen LogP contribution in [0.3, 0.4) is 0 Å². The van der Waals surface area contributed by atoms with E-state index in [0.29, 0.717) is 11.5 Å². The van der Waals surface area contributed by atoms with Crippen molar-refractivity contribution in [1.29, 1.82) is 0 Å². The van der Waals surface area contributed by atoms with E-state index in [9.17, 15) is 0 Å². The molecule has 0 radical (unpaired) electrons. The molecule has 0 amide bonds. The molecule has 3 heteroatoms. The first-order valence-corrected chi connectivity index (χ1v) is 7.20. The Balaban J connectivity index is 2.31. The topological polar surface area (TPSA) is 28.2 Å². The number of hydrogen-bond donors (Lipinski definition) is 1. The van der Waals surface area contributed by atoms with Crippen molar-refractivity contribution >= 4 is 0 Å². The van der Waals surface area contributed by atoms with Crippen LogP contribution >= 0.6 is 0 Å². The molecule has 1 heterocycles. The predicted octanol–water partition coefficient (Wildman–Crippen LogP) is 2.58. The van der Waals surface area contributed by atoms with Crippen molar-refractivity contribution in [2.75, 3.05) is 26.7 Å². The van der Waals surface area contributed by atoms with Crippen LogP contribution in [0.15, 0.2) is 24.5 Å². The Labute approximate surface area is 118 Å². The standard InChI is InChI=1S/C16H29N3/c1-14(2)18-12-16(3,4)13-19(5)11-8-15-6-9-17-10-7-15/h6-7,9-10,14,18H,8,11-13H2,1-5H3. The minimum absolute atomic E-state index is 0.303. The van der Waals surface area contributed by atoms with Gasteiger partial charge in [0.2, 0.25) is 0 Å². The summed E-state index contributed by atoms with van der Waals surface area (Å²) in [5, 5.41) is 3.53. The molecule has 0 aromatic carbocycles. The molecule has 0 aliphatic carbocycles. The van der Waals surface area contributed by atoms with Crippen LogP contribution in [-0.2, 0) is 6.42 Å². The molecular weight excluding hydrogens is 234 g/mol. The normalized spacial score (nSPS) is 12.4. The fourth-order valence-corrected chi connectivity index (χ4v) is 2.22. The second kappa shape index (κ2) is 7.61. The van der Waals surface area contributed by atoms with Crippen LogP contribution in [0.25, 0.3) is 0 Å². The molecule has 0 unspecified atom stereocenters. The summed E-state index contributed by atoms with van der Waals surface area (Å²) in [5.74, 6) is 0. The molecule has 0 saturated carbocycles. The molecule has 0 saturated heterocycles. The lowest BCUT2D eigenvalue weighted by Gasteiger charge is -2.31. The summed E-state index contributed by atoms with van der Waals surface area (Å²) in [6.07, 6.45) is 4.82. The van der Waals surface area contributed by atoms with Crippen molar-refractivity contribution in [2.24, 2.45) is 5.41 Å².